The van der Waals surface area contributed by atoms with Crippen LogP contribution in [0.2, 0.25) is 0 Å². The minimum Gasteiger partial charge on any atom is -0.399 e. The summed E-state index contributed by atoms with van der Waals surface area (Å²) in [5, 5.41) is 11.3. The minimum absolute atomic E-state index is 0.267. The lowest BCUT2D eigenvalue weighted by Gasteiger charge is -2.17. The maximum atomic E-state index is 13.8. The van der Waals surface area contributed by atoms with Gasteiger partial charge in [0.15, 0.2) is 11.6 Å². The number of aromatic nitrogens is 4. The number of nitrogen functional groups attached to an aromatic ring is 1. The topological polar surface area (TPSA) is 69.6 Å². The summed E-state index contributed by atoms with van der Waals surface area (Å²) in [5.74, 6) is 0.156. The van der Waals surface area contributed by atoms with E-state index in [9.17, 15) is 4.39 Å². The van der Waals surface area contributed by atoms with E-state index in [0.717, 1.165) is 0 Å². The highest BCUT2D eigenvalue weighted by molar-refractivity contribution is 5.46. The van der Waals surface area contributed by atoms with Crippen LogP contribution in [0, 0.1) is 5.82 Å². The Morgan fingerprint density at radius 3 is 2.59 bits per heavy atom. The summed E-state index contributed by atoms with van der Waals surface area (Å²) < 4.78 is 15.2. The van der Waals surface area contributed by atoms with E-state index in [-0.39, 0.29) is 5.41 Å². The van der Waals surface area contributed by atoms with Crippen LogP contribution in [0.25, 0.3) is 5.69 Å². The second-order valence-electron chi connectivity index (χ2n) is 4.88. The number of benzene rings is 1. The molecular weight excluding hydrogens is 221 g/mol. The third-order valence-electron chi connectivity index (χ3n) is 2.34. The van der Waals surface area contributed by atoms with E-state index in [1.807, 2.05) is 20.8 Å². The third-order valence-corrected chi connectivity index (χ3v) is 2.34. The molecule has 0 atom stereocenters. The first kappa shape index (κ1) is 11.5. The van der Waals surface area contributed by atoms with Gasteiger partial charge >= 0.3 is 0 Å². The smallest absolute Gasteiger partial charge is 0.162 e. The molecule has 0 spiro atoms. The Bertz CT molecular complexity index is 541. The van der Waals surface area contributed by atoms with Crippen molar-refractivity contribution >= 4 is 5.69 Å². The van der Waals surface area contributed by atoms with Crippen molar-refractivity contribution in [1.29, 1.82) is 0 Å². The summed E-state index contributed by atoms with van der Waals surface area (Å²) in [7, 11) is 0. The molecule has 0 aliphatic heterocycles. The highest BCUT2D eigenvalue weighted by atomic mass is 19.1. The minimum atomic E-state index is -0.442. The monoisotopic (exact) mass is 235 g/mol. The average Bonchev–Trinajstić information content (AvgIpc) is 2.65. The van der Waals surface area contributed by atoms with Crippen molar-refractivity contribution in [1.82, 2.24) is 20.2 Å². The zero-order chi connectivity index (χ0) is 12.6. The Labute approximate surface area is 98.4 Å². The number of nitrogens with two attached hydrogens (primary N) is 1. The maximum absolute atomic E-state index is 13.8. The largest absolute Gasteiger partial charge is 0.399 e. The van der Waals surface area contributed by atoms with Gasteiger partial charge < -0.3 is 5.73 Å². The average molecular weight is 235 g/mol. The first-order valence-electron chi connectivity index (χ1n) is 5.24. The molecule has 0 saturated heterocycles. The van der Waals surface area contributed by atoms with Crippen molar-refractivity contribution in [3.05, 3.63) is 29.8 Å². The van der Waals surface area contributed by atoms with Gasteiger partial charge in [-0.2, -0.15) is 4.68 Å². The molecule has 0 aliphatic carbocycles. The molecule has 1 aromatic heterocycles. The molecule has 2 N–H and O–H groups in total. The fourth-order valence-electron chi connectivity index (χ4n) is 1.51. The van der Waals surface area contributed by atoms with Crippen molar-refractivity contribution < 1.29 is 4.39 Å². The number of tetrazole rings is 1. The van der Waals surface area contributed by atoms with Crippen LogP contribution < -0.4 is 5.73 Å². The molecule has 1 heterocycles. The van der Waals surface area contributed by atoms with Gasteiger partial charge in [0, 0.05) is 11.1 Å². The highest BCUT2D eigenvalue weighted by Crippen LogP contribution is 2.23. The molecule has 0 amide bonds. The summed E-state index contributed by atoms with van der Waals surface area (Å²) >= 11 is 0. The van der Waals surface area contributed by atoms with Gasteiger partial charge in [-0.25, -0.2) is 4.39 Å². The Hall–Kier alpha value is -1.98. The molecule has 0 saturated carbocycles. The summed E-state index contributed by atoms with van der Waals surface area (Å²) in [6.45, 7) is 5.89. The maximum Gasteiger partial charge on any atom is 0.162 e. The van der Waals surface area contributed by atoms with E-state index in [2.05, 4.69) is 15.5 Å². The van der Waals surface area contributed by atoms with Gasteiger partial charge in [-0.05, 0) is 28.6 Å². The molecule has 0 aliphatic rings. The molecule has 2 rings (SSSR count). The zero-order valence-electron chi connectivity index (χ0n) is 9.98. The van der Waals surface area contributed by atoms with Crippen LogP contribution >= 0.6 is 0 Å². The molecule has 5 nitrogen and oxygen atoms in total. The molecule has 90 valence electrons. The van der Waals surface area contributed by atoms with E-state index in [4.69, 9.17) is 5.73 Å². The molecule has 17 heavy (non-hydrogen) atoms. The van der Waals surface area contributed by atoms with Gasteiger partial charge in [0.05, 0.1) is 0 Å². The third kappa shape index (κ3) is 2.11. The van der Waals surface area contributed by atoms with Crippen LogP contribution in [-0.2, 0) is 5.41 Å². The zero-order valence-corrected chi connectivity index (χ0v) is 9.98. The lowest BCUT2D eigenvalue weighted by molar-refractivity contribution is 0.517. The molecule has 0 bridgehead atoms. The molecule has 2 aromatic rings. The molecule has 1 aromatic carbocycles. The predicted molar refractivity (Wildman–Crippen MR) is 62.2 cm³/mol. The lowest BCUT2D eigenvalue weighted by atomic mass is 9.96. The summed E-state index contributed by atoms with van der Waals surface area (Å²) in [6.07, 6.45) is 0. The molecule has 0 radical (unpaired) electrons. The van der Waals surface area contributed by atoms with E-state index in [1.54, 1.807) is 12.1 Å². The highest BCUT2D eigenvalue weighted by Gasteiger charge is 2.23. The molecule has 0 unspecified atom stereocenters. The molecule has 0 fully saturated rings. The summed E-state index contributed by atoms with van der Waals surface area (Å²) in [4.78, 5) is 0. The van der Waals surface area contributed by atoms with Crippen LogP contribution in [0.4, 0.5) is 10.1 Å². The van der Waals surface area contributed by atoms with E-state index in [0.29, 0.717) is 17.2 Å². The number of halogens is 1. The summed E-state index contributed by atoms with van der Waals surface area (Å²) in [6, 6.07) is 4.44. The quantitative estimate of drug-likeness (QED) is 0.763. The van der Waals surface area contributed by atoms with Crippen molar-refractivity contribution in [2.45, 2.75) is 26.2 Å². The fraction of sp³-hybridized carbons (Fsp3) is 0.364. The standard InChI is InChI=1S/C11H14FN5/c1-11(2,3)10-14-15-16-17(10)9-5-4-7(13)6-8(9)12/h4-6H,13H2,1-3H3. The van der Waals surface area contributed by atoms with Crippen LogP contribution in [0.15, 0.2) is 18.2 Å². The van der Waals surface area contributed by atoms with Crippen LogP contribution in [0.3, 0.4) is 0 Å². The predicted octanol–water partition coefficient (Wildman–Crippen LogP) is 1.68. The Morgan fingerprint density at radius 2 is 2.00 bits per heavy atom. The van der Waals surface area contributed by atoms with Gasteiger partial charge in [-0.1, -0.05) is 20.8 Å². The molecular formula is C11H14FN5. The number of hydrogen-bond donors (Lipinski definition) is 1. The number of nitrogens with zero attached hydrogens (tertiary/aromatic N) is 4. The first-order valence-corrected chi connectivity index (χ1v) is 5.24. The van der Waals surface area contributed by atoms with E-state index >= 15 is 0 Å². The van der Waals surface area contributed by atoms with E-state index < -0.39 is 5.82 Å². The normalized spacial score (nSPS) is 11.8. The lowest BCUT2D eigenvalue weighted by Crippen LogP contribution is -2.19. The van der Waals surface area contributed by atoms with Gasteiger partial charge in [0.1, 0.15) is 5.69 Å². The number of rotatable bonds is 1. The summed E-state index contributed by atoms with van der Waals surface area (Å²) in [5.41, 5.74) is 5.91. The van der Waals surface area contributed by atoms with Gasteiger partial charge in [-0.3, -0.25) is 0 Å². The van der Waals surface area contributed by atoms with Gasteiger partial charge in [0.25, 0.3) is 0 Å². The van der Waals surface area contributed by atoms with Crippen molar-refractivity contribution in [2.75, 3.05) is 5.73 Å². The first-order chi connectivity index (χ1) is 7.89. The SMILES string of the molecule is CC(C)(C)c1nnnn1-c1ccc(N)cc1F. The van der Waals surface area contributed by atoms with Gasteiger partial charge in [0.2, 0.25) is 0 Å². The Morgan fingerprint density at radius 1 is 1.29 bits per heavy atom. The Balaban J connectivity index is 2.58. The number of hydrogen-bond acceptors (Lipinski definition) is 4. The molecule has 6 heteroatoms. The van der Waals surface area contributed by atoms with Crippen molar-refractivity contribution in [3.63, 3.8) is 0 Å². The van der Waals surface area contributed by atoms with Crippen molar-refractivity contribution in [2.24, 2.45) is 0 Å². The second-order valence-corrected chi connectivity index (χ2v) is 4.88. The fourth-order valence-corrected chi connectivity index (χ4v) is 1.51. The Kier molecular flexibility index (Phi) is 2.57. The van der Waals surface area contributed by atoms with Crippen LogP contribution in [0.5, 0.6) is 0 Å². The van der Waals surface area contributed by atoms with Gasteiger partial charge in [-0.15, -0.1) is 5.10 Å². The van der Waals surface area contributed by atoms with Crippen LogP contribution in [-0.4, -0.2) is 20.2 Å². The van der Waals surface area contributed by atoms with Crippen molar-refractivity contribution in [3.8, 4) is 5.69 Å². The van der Waals surface area contributed by atoms with Crippen LogP contribution in [0.1, 0.15) is 26.6 Å². The second kappa shape index (κ2) is 3.80. The number of anilines is 1. The van der Waals surface area contributed by atoms with E-state index in [1.165, 1.54) is 10.7 Å².